The van der Waals surface area contributed by atoms with Crippen LogP contribution in [0.3, 0.4) is 0 Å². The van der Waals surface area contributed by atoms with E-state index < -0.39 is 5.97 Å². The van der Waals surface area contributed by atoms with Crippen molar-refractivity contribution in [2.75, 3.05) is 19.6 Å². The highest BCUT2D eigenvalue weighted by atomic mass is 32.1. The van der Waals surface area contributed by atoms with Gasteiger partial charge >= 0.3 is 5.97 Å². The molecule has 0 aromatic carbocycles. The Bertz CT molecular complexity index is 495. The summed E-state index contributed by atoms with van der Waals surface area (Å²) in [5.41, 5.74) is -0.220. The van der Waals surface area contributed by atoms with Crippen LogP contribution in [-0.4, -0.2) is 41.6 Å². The number of aromatic nitrogens is 1. The van der Waals surface area contributed by atoms with Gasteiger partial charge in [0.25, 0.3) is 0 Å². The van der Waals surface area contributed by atoms with Crippen LogP contribution in [0.15, 0.2) is 5.38 Å². The molecular formula is C13H19N3O3S. The number of rotatable bonds is 5. The van der Waals surface area contributed by atoms with Crippen LogP contribution in [-0.2, 0) is 11.2 Å². The molecule has 0 saturated carbocycles. The number of carboxylic acid groups (broad SMARTS) is 1. The van der Waals surface area contributed by atoms with Crippen LogP contribution in [0, 0.1) is 5.41 Å². The molecule has 2 heterocycles. The molecule has 7 heteroatoms. The fraction of sp³-hybridized carbons (Fsp3) is 0.615. The number of hydrogen-bond donors (Lipinski definition) is 3. The van der Waals surface area contributed by atoms with Gasteiger partial charge in [0, 0.05) is 23.8 Å². The van der Waals surface area contributed by atoms with Crippen molar-refractivity contribution in [2.45, 2.75) is 26.2 Å². The van der Waals surface area contributed by atoms with E-state index in [1.165, 1.54) is 16.7 Å². The molecule has 2 rings (SSSR count). The number of hydrogen-bond acceptors (Lipinski definition) is 5. The van der Waals surface area contributed by atoms with Crippen LogP contribution in [0.2, 0.25) is 0 Å². The molecule has 1 aromatic rings. The van der Waals surface area contributed by atoms with Gasteiger partial charge in [-0.1, -0.05) is 6.92 Å². The van der Waals surface area contributed by atoms with Gasteiger partial charge in [0.15, 0.2) is 5.69 Å². The Morgan fingerprint density at radius 3 is 2.80 bits per heavy atom. The maximum absolute atomic E-state index is 12.2. The van der Waals surface area contributed by atoms with Gasteiger partial charge in [0.1, 0.15) is 0 Å². The van der Waals surface area contributed by atoms with E-state index in [4.69, 9.17) is 5.11 Å². The van der Waals surface area contributed by atoms with Crippen molar-refractivity contribution in [1.29, 1.82) is 0 Å². The van der Waals surface area contributed by atoms with Gasteiger partial charge in [0.05, 0.1) is 5.01 Å². The van der Waals surface area contributed by atoms with Crippen molar-refractivity contribution in [3.63, 3.8) is 0 Å². The summed E-state index contributed by atoms with van der Waals surface area (Å²) in [6.45, 7) is 4.24. The second-order valence-electron chi connectivity index (χ2n) is 5.25. The van der Waals surface area contributed by atoms with Crippen LogP contribution >= 0.6 is 11.3 Å². The minimum atomic E-state index is -1.02. The summed E-state index contributed by atoms with van der Waals surface area (Å²) in [5.74, 6) is -0.937. The van der Waals surface area contributed by atoms with E-state index in [2.05, 4.69) is 15.6 Å². The number of aromatic carboxylic acids is 1. The quantitative estimate of drug-likeness (QED) is 0.751. The van der Waals surface area contributed by atoms with Crippen molar-refractivity contribution in [3.05, 3.63) is 16.1 Å². The lowest BCUT2D eigenvalue weighted by molar-refractivity contribution is -0.131. The number of thiazole rings is 1. The predicted octanol–water partition coefficient (Wildman–Crippen LogP) is 0.890. The number of nitrogens with one attached hydrogen (secondary N) is 2. The molecule has 1 fully saturated rings. The Labute approximate surface area is 121 Å². The molecule has 1 saturated heterocycles. The van der Waals surface area contributed by atoms with Crippen LogP contribution in [0.5, 0.6) is 0 Å². The molecule has 1 aliphatic rings. The molecule has 0 spiro atoms. The van der Waals surface area contributed by atoms with Crippen LogP contribution in [0.4, 0.5) is 0 Å². The van der Waals surface area contributed by atoms with Gasteiger partial charge in [-0.15, -0.1) is 11.3 Å². The van der Waals surface area contributed by atoms with E-state index in [-0.39, 0.29) is 17.0 Å². The zero-order chi connectivity index (χ0) is 14.6. The van der Waals surface area contributed by atoms with E-state index in [1.807, 2.05) is 6.92 Å². The molecule has 0 bridgehead atoms. The number of nitrogens with zero attached hydrogens (tertiary/aromatic N) is 1. The minimum Gasteiger partial charge on any atom is -0.476 e. The second-order valence-corrected chi connectivity index (χ2v) is 6.19. The molecule has 1 aromatic heterocycles. The molecule has 6 nitrogen and oxygen atoms in total. The zero-order valence-corrected chi connectivity index (χ0v) is 12.3. The molecule has 1 amide bonds. The number of carboxylic acids is 1. The van der Waals surface area contributed by atoms with E-state index in [0.717, 1.165) is 30.9 Å². The standard InChI is InChI=1S/C13H19N3O3S/c1-13(3-6-14-7-4-13)12(19)15-5-2-10-16-9(8-20-10)11(17)18/h8,14H,2-7H2,1H3,(H,15,19)(H,17,18). The summed E-state index contributed by atoms with van der Waals surface area (Å²) in [7, 11) is 0. The number of carbonyl (C=O) groups excluding carboxylic acids is 1. The van der Waals surface area contributed by atoms with Gasteiger partial charge in [-0.2, -0.15) is 0 Å². The molecule has 0 unspecified atom stereocenters. The molecule has 0 radical (unpaired) electrons. The van der Waals surface area contributed by atoms with Crippen molar-refractivity contribution in [3.8, 4) is 0 Å². The molecule has 20 heavy (non-hydrogen) atoms. The average molecular weight is 297 g/mol. The summed E-state index contributed by atoms with van der Waals surface area (Å²) in [4.78, 5) is 26.9. The molecular weight excluding hydrogens is 278 g/mol. The highest BCUT2D eigenvalue weighted by Crippen LogP contribution is 2.27. The van der Waals surface area contributed by atoms with Gasteiger partial charge in [-0.05, 0) is 25.9 Å². The van der Waals surface area contributed by atoms with Crippen molar-refractivity contribution in [2.24, 2.45) is 5.41 Å². The third-order valence-corrected chi connectivity index (χ3v) is 4.56. The maximum Gasteiger partial charge on any atom is 0.355 e. The van der Waals surface area contributed by atoms with Crippen LogP contribution in [0.1, 0.15) is 35.3 Å². The smallest absolute Gasteiger partial charge is 0.355 e. The highest BCUT2D eigenvalue weighted by molar-refractivity contribution is 7.09. The number of amides is 1. The normalized spacial score (nSPS) is 17.6. The maximum atomic E-state index is 12.2. The van der Waals surface area contributed by atoms with E-state index in [0.29, 0.717) is 13.0 Å². The fourth-order valence-electron chi connectivity index (χ4n) is 2.23. The SMILES string of the molecule is CC1(C(=O)NCCc2nc(C(=O)O)cs2)CCNCC1. The largest absolute Gasteiger partial charge is 0.476 e. The van der Waals surface area contributed by atoms with Gasteiger partial charge in [-0.3, -0.25) is 4.79 Å². The topological polar surface area (TPSA) is 91.3 Å². The first-order valence-corrected chi connectivity index (χ1v) is 7.56. The van der Waals surface area contributed by atoms with E-state index in [1.54, 1.807) is 0 Å². The monoisotopic (exact) mass is 297 g/mol. The summed E-state index contributed by atoms with van der Waals surface area (Å²) in [5, 5.41) is 17.2. The van der Waals surface area contributed by atoms with Crippen molar-refractivity contribution in [1.82, 2.24) is 15.6 Å². The summed E-state index contributed by atoms with van der Waals surface area (Å²) >= 11 is 1.31. The zero-order valence-electron chi connectivity index (χ0n) is 11.4. The Hall–Kier alpha value is -1.47. The first-order chi connectivity index (χ1) is 9.51. The molecule has 3 N–H and O–H groups in total. The van der Waals surface area contributed by atoms with E-state index >= 15 is 0 Å². The summed E-state index contributed by atoms with van der Waals surface area (Å²) in [6, 6.07) is 0. The highest BCUT2D eigenvalue weighted by Gasteiger charge is 2.34. The predicted molar refractivity (Wildman–Crippen MR) is 76.0 cm³/mol. The minimum absolute atomic E-state index is 0.0710. The first kappa shape index (κ1) is 14.9. The Kier molecular flexibility index (Phi) is 4.72. The molecule has 0 aliphatic carbocycles. The number of piperidine rings is 1. The fourth-order valence-corrected chi connectivity index (χ4v) is 3.00. The second kappa shape index (κ2) is 6.32. The lowest BCUT2D eigenvalue weighted by atomic mass is 9.80. The van der Waals surface area contributed by atoms with Gasteiger partial charge in [-0.25, -0.2) is 9.78 Å². The first-order valence-electron chi connectivity index (χ1n) is 6.68. The van der Waals surface area contributed by atoms with Crippen LogP contribution < -0.4 is 10.6 Å². The lowest BCUT2D eigenvalue weighted by Gasteiger charge is -2.32. The average Bonchev–Trinajstić information content (AvgIpc) is 2.88. The third kappa shape index (κ3) is 3.55. The summed E-state index contributed by atoms with van der Waals surface area (Å²) in [6.07, 6.45) is 2.26. The summed E-state index contributed by atoms with van der Waals surface area (Å²) < 4.78 is 0. The van der Waals surface area contributed by atoms with Gasteiger partial charge in [0.2, 0.25) is 5.91 Å². The van der Waals surface area contributed by atoms with Gasteiger partial charge < -0.3 is 15.7 Å². The lowest BCUT2D eigenvalue weighted by Crippen LogP contribution is -2.46. The Balaban J connectivity index is 1.80. The Morgan fingerprint density at radius 1 is 1.50 bits per heavy atom. The molecule has 1 aliphatic heterocycles. The van der Waals surface area contributed by atoms with Crippen molar-refractivity contribution < 1.29 is 14.7 Å². The molecule has 0 atom stereocenters. The molecule has 110 valence electrons. The number of carbonyl (C=O) groups is 2. The Morgan fingerprint density at radius 2 is 2.20 bits per heavy atom. The van der Waals surface area contributed by atoms with Crippen LogP contribution in [0.25, 0.3) is 0 Å². The van der Waals surface area contributed by atoms with Crippen molar-refractivity contribution >= 4 is 23.2 Å². The van der Waals surface area contributed by atoms with E-state index in [9.17, 15) is 9.59 Å². The third-order valence-electron chi connectivity index (χ3n) is 3.65.